The molecular weight excluding hydrogens is 267 g/mol. The number of halogens is 1. The first-order valence-corrected chi connectivity index (χ1v) is 7.07. The second kappa shape index (κ2) is 5.66. The van der Waals surface area contributed by atoms with Gasteiger partial charge in [-0.05, 0) is 42.8 Å². The molecule has 3 nitrogen and oxygen atoms in total. The molecule has 108 valence electrons. The lowest BCUT2D eigenvalue weighted by Crippen LogP contribution is -2.30. The van der Waals surface area contributed by atoms with E-state index in [0.717, 1.165) is 17.7 Å². The minimum Gasteiger partial charge on any atom is -0.330 e. The number of carbonyl (C=O) groups excluding carboxylic acids is 1. The van der Waals surface area contributed by atoms with E-state index in [9.17, 15) is 9.18 Å². The topological polar surface area (TPSA) is 46.3 Å². The molecule has 2 N–H and O–H groups in total. The fourth-order valence-corrected chi connectivity index (χ4v) is 2.91. The molecule has 0 saturated heterocycles. The SMILES string of the molecule is NCCC1CN(C(=O)c2cccc(F)c2)c2ccccc21. The molecule has 1 heterocycles. The normalized spacial score (nSPS) is 16.9. The molecule has 21 heavy (non-hydrogen) atoms. The van der Waals surface area contributed by atoms with Crippen LogP contribution in [0.1, 0.15) is 28.3 Å². The summed E-state index contributed by atoms with van der Waals surface area (Å²) in [6.45, 7) is 1.19. The van der Waals surface area contributed by atoms with Crippen LogP contribution in [0, 0.1) is 5.82 Å². The number of nitrogens with zero attached hydrogens (tertiary/aromatic N) is 1. The summed E-state index contributed by atoms with van der Waals surface area (Å²) in [5.41, 5.74) is 8.09. The third-order valence-electron chi connectivity index (χ3n) is 3.90. The van der Waals surface area contributed by atoms with Gasteiger partial charge in [-0.2, -0.15) is 0 Å². The summed E-state index contributed by atoms with van der Waals surface area (Å²) in [4.78, 5) is 14.4. The van der Waals surface area contributed by atoms with Gasteiger partial charge in [0.25, 0.3) is 5.91 Å². The van der Waals surface area contributed by atoms with Crippen LogP contribution in [-0.2, 0) is 0 Å². The first kappa shape index (κ1) is 13.8. The molecule has 0 fully saturated rings. The number of anilines is 1. The highest BCUT2D eigenvalue weighted by Gasteiger charge is 2.32. The second-order valence-electron chi connectivity index (χ2n) is 5.26. The Morgan fingerprint density at radius 3 is 2.81 bits per heavy atom. The molecule has 0 saturated carbocycles. The van der Waals surface area contributed by atoms with Crippen molar-refractivity contribution in [1.82, 2.24) is 0 Å². The van der Waals surface area contributed by atoms with Crippen LogP contribution in [0.25, 0.3) is 0 Å². The van der Waals surface area contributed by atoms with Crippen LogP contribution in [0.2, 0.25) is 0 Å². The molecule has 0 radical (unpaired) electrons. The Hall–Kier alpha value is -2.20. The number of carbonyl (C=O) groups is 1. The lowest BCUT2D eigenvalue weighted by molar-refractivity contribution is 0.0987. The highest BCUT2D eigenvalue weighted by atomic mass is 19.1. The number of benzene rings is 2. The third-order valence-corrected chi connectivity index (χ3v) is 3.90. The van der Waals surface area contributed by atoms with Crippen molar-refractivity contribution < 1.29 is 9.18 Å². The summed E-state index contributed by atoms with van der Waals surface area (Å²) in [6.07, 6.45) is 0.837. The van der Waals surface area contributed by atoms with E-state index in [-0.39, 0.29) is 11.8 Å². The van der Waals surface area contributed by atoms with Crippen LogP contribution in [0.3, 0.4) is 0 Å². The van der Waals surface area contributed by atoms with Crippen molar-refractivity contribution in [3.05, 3.63) is 65.5 Å². The molecule has 0 aromatic heterocycles. The molecule has 4 heteroatoms. The lowest BCUT2D eigenvalue weighted by atomic mass is 9.98. The van der Waals surface area contributed by atoms with E-state index in [1.165, 1.54) is 12.1 Å². The maximum Gasteiger partial charge on any atom is 0.258 e. The summed E-state index contributed by atoms with van der Waals surface area (Å²) in [5, 5.41) is 0. The largest absolute Gasteiger partial charge is 0.330 e. The number of amides is 1. The van der Waals surface area contributed by atoms with E-state index in [1.807, 2.05) is 24.3 Å². The average molecular weight is 284 g/mol. The van der Waals surface area contributed by atoms with Crippen LogP contribution in [0.4, 0.5) is 10.1 Å². The predicted molar refractivity (Wildman–Crippen MR) is 80.9 cm³/mol. The van der Waals surface area contributed by atoms with Gasteiger partial charge in [-0.15, -0.1) is 0 Å². The Kier molecular flexibility index (Phi) is 3.71. The number of hydrogen-bond acceptors (Lipinski definition) is 2. The quantitative estimate of drug-likeness (QED) is 0.942. The number of hydrogen-bond donors (Lipinski definition) is 1. The summed E-state index contributed by atoms with van der Waals surface area (Å²) in [6, 6.07) is 13.7. The molecule has 1 unspecified atom stereocenters. The van der Waals surface area contributed by atoms with Crippen LogP contribution in [-0.4, -0.2) is 19.0 Å². The number of para-hydroxylation sites is 1. The zero-order valence-electron chi connectivity index (χ0n) is 11.6. The average Bonchev–Trinajstić information content (AvgIpc) is 2.86. The summed E-state index contributed by atoms with van der Waals surface area (Å²) < 4.78 is 13.3. The van der Waals surface area contributed by atoms with E-state index in [0.29, 0.717) is 18.7 Å². The minimum atomic E-state index is -0.396. The molecule has 1 aliphatic heterocycles. The fourth-order valence-electron chi connectivity index (χ4n) is 2.91. The van der Waals surface area contributed by atoms with Crippen LogP contribution in [0.15, 0.2) is 48.5 Å². The first-order chi connectivity index (χ1) is 10.2. The zero-order valence-corrected chi connectivity index (χ0v) is 11.6. The molecule has 1 amide bonds. The maximum absolute atomic E-state index is 13.3. The van der Waals surface area contributed by atoms with Crippen molar-refractivity contribution in [2.75, 3.05) is 18.0 Å². The molecule has 3 rings (SSSR count). The van der Waals surface area contributed by atoms with Gasteiger partial charge in [-0.1, -0.05) is 24.3 Å². The fraction of sp³-hybridized carbons (Fsp3) is 0.235. The van der Waals surface area contributed by atoms with Gasteiger partial charge in [0.05, 0.1) is 0 Å². The first-order valence-electron chi connectivity index (χ1n) is 7.07. The maximum atomic E-state index is 13.3. The van der Waals surface area contributed by atoms with Gasteiger partial charge in [-0.25, -0.2) is 4.39 Å². The molecule has 0 spiro atoms. The van der Waals surface area contributed by atoms with Crippen LogP contribution < -0.4 is 10.6 Å². The van der Waals surface area contributed by atoms with E-state index >= 15 is 0 Å². The van der Waals surface area contributed by atoms with Crippen LogP contribution >= 0.6 is 0 Å². The lowest BCUT2D eigenvalue weighted by Gasteiger charge is -2.18. The van der Waals surface area contributed by atoms with Crippen molar-refractivity contribution in [1.29, 1.82) is 0 Å². The number of rotatable bonds is 3. The number of nitrogens with two attached hydrogens (primary N) is 1. The molecule has 2 aromatic rings. The van der Waals surface area contributed by atoms with Crippen molar-refractivity contribution in [3.8, 4) is 0 Å². The van der Waals surface area contributed by atoms with E-state index in [4.69, 9.17) is 5.73 Å². The molecular formula is C17H17FN2O. The van der Waals surface area contributed by atoms with Gasteiger partial charge in [0.2, 0.25) is 0 Å². The Bertz CT molecular complexity index is 671. The summed E-state index contributed by atoms with van der Waals surface area (Å²) >= 11 is 0. The van der Waals surface area contributed by atoms with E-state index in [1.54, 1.807) is 17.0 Å². The van der Waals surface area contributed by atoms with Gasteiger partial charge < -0.3 is 10.6 Å². The van der Waals surface area contributed by atoms with Crippen molar-refractivity contribution >= 4 is 11.6 Å². The molecule has 0 bridgehead atoms. The molecule has 0 aliphatic carbocycles. The Labute approximate surface area is 123 Å². The van der Waals surface area contributed by atoms with Gasteiger partial charge in [0.1, 0.15) is 5.82 Å². The molecule has 2 aromatic carbocycles. The standard InChI is InChI=1S/C17H17FN2O/c18-14-5-3-4-12(10-14)17(21)20-11-13(8-9-19)15-6-1-2-7-16(15)20/h1-7,10,13H,8-9,11,19H2. The molecule has 1 aliphatic rings. The molecule has 1 atom stereocenters. The highest BCUT2D eigenvalue weighted by molar-refractivity contribution is 6.07. The highest BCUT2D eigenvalue weighted by Crippen LogP contribution is 2.38. The van der Waals surface area contributed by atoms with Crippen molar-refractivity contribution in [2.24, 2.45) is 5.73 Å². The van der Waals surface area contributed by atoms with Gasteiger partial charge in [0, 0.05) is 23.7 Å². The Morgan fingerprint density at radius 2 is 2.05 bits per heavy atom. The van der Waals surface area contributed by atoms with Crippen LogP contribution in [0.5, 0.6) is 0 Å². The summed E-state index contributed by atoms with van der Waals surface area (Å²) in [7, 11) is 0. The Balaban J connectivity index is 1.95. The van der Waals surface area contributed by atoms with E-state index in [2.05, 4.69) is 0 Å². The monoisotopic (exact) mass is 284 g/mol. The van der Waals surface area contributed by atoms with Crippen molar-refractivity contribution in [3.63, 3.8) is 0 Å². The van der Waals surface area contributed by atoms with E-state index < -0.39 is 5.82 Å². The van der Waals surface area contributed by atoms with Gasteiger partial charge in [0.15, 0.2) is 0 Å². The van der Waals surface area contributed by atoms with Gasteiger partial charge in [-0.3, -0.25) is 4.79 Å². The zero-order chi connectivity index (χ0) is 14.8. The minimum absolute atomic E-state index is 0.165. The number of fused-ring (bicyclic) bond motifs is 1. The Morgan fingerprint density at radius 1 is 1.24 bits per heavy atom. The smallest absolute Gasteiger partial charge is 0.258 e. The predicted octanol–water partition coefficient (Wildman–Crippen LogP) is 2.92. The van der Waals surface area contributed by atoms with Gasteiger partial charge >= 0.3 is 0 Å². The van der Waals surface area contributed by atoms with Crippen molar-refractivity contribution in [2.45, 2.75) is 12.3 Å². The summed E-state index contributed by atoms with van der Waals surface area (Å²) in [5.74, 6) is -0.308. The second-order valence-corrected chi connectivity index (χ2v) is 5.26. The third kappa shape index (κ3) is 2.54.